The zero-order chi connectivity index (χ0) is 6.85. The highest BCUT2D eigenvalue weighted by Crippen LogP contribution is 2.01. The normalized spacial score (nSPS) is 10.1. The highest BCUT2D eigenvalue weighted by atomic mass is 19.1. The third kappa shape index (κ3) is 0.929. The first kappa shape index (κ1) is 6.22. The van der Waals surface area contributed by atoms with Crippen LogP contribution in [0.4, 0.5) is 4.39 Å². The van der Waals surface area contributed by atoms with Crippen LogP contribution >= 0.6 is 0 Å². The average molecular weight is 129 g/mol. The van der Waals surface area contributed by atoms with Crippen molar-refractivity contribution in [2.24, 2.45) is 12.8 Å². The molecule has 0 saturated heterocycles. The Morgan fingerprint density at radius 1 is 1.89 bits per heavy atom. The van der Waals surface area contributed by atoms with E-state index in [1.54, 1.807) is 7.05 Å². The Kier molecular flexibility index (Phi) is 1.48. The minimum Gasteiger partial charge on any atom is -0.325 e. The molecule has 0 aliphatic rings. The molecule has 9 heavy (non-hydrogen) atoms. The molecule has 1 rings (SSSR count). The third-order valence-electron chi connectivity index (χ3n) is 1.20. The molecule has 2 N–H and O–H groups in total. The van der Waals surface area contributed by atoms with Crippen molar-refractivity contribution >= 4 is 0 Å². The summed E-state index contributed by atoms with van der Waals surface area (Å²) in [4.78, 5) is 0. The van der Waals surface area contributed by atoms with E-state index >= 15 is 0 Å². The predicted molar refractivity (Wildman–Crippen MR) is 31.1 cm³/mol. The van der Waals surface area contributed by atoms with Crippen LogP contribution < -0.4 is 5.73 Å². The second kappa shape index (κ2) is 2.14. The first-order valence-corrected chi connectivity index (χ1v) is 2.62. The second-order valence-electron chi connectivity index (χ2n) is 1.77. The summed E-state index contributed by atoms with van der Waals surface area (Å²) in [5.74, 6) is -0.333. The lowest BCUT2D eigenvalue weighted by Gasteiger charge is -1.94. The maximum Gasteiger partial charge on any atom is 0.165 e. The lowest BCUT2D eigenvalue weighted by atomic mass is 10.4. The molecule has 0 aliphatic heterocycles. The molecule has 0 aromatic carbocycles. The van der Waals surface area contributed by atoms with Crippen molar-refractivity contribution in [2.75, 3.05) is 0 Å². The van der Waals surface area contributed by atoms with Crippen molar-refractivity contribution in [1.29, 1.82) is 0 Å². The number of nitrogens with two attached hydrogens (primary N) is 1. The highest BCUT2D eigenvalue weighted by molar-refractivity contribution is 5.02. The van der Waals surface area contributed by atoms with Gasteiger partial charge in [-0.2, -0.15) is 5.10 Å². The van der Waals surface area contributed by atoms with Crippen LogP contribution in [0.2, 0.25) is 0 Å². The lowest BCUT2D eigenvalue weighted by molar-refractivity contribution is 0.597. The average Bonchev–Trinajstić information content (AvgIpc) is 2.12. The van der Waals surface area contributed by atoms with Crippen LogP contribution in [0.1, 0.15) is 5.69 Å². The monoisotopic (exact) mass is 129 g/mol. The molecule has 1 aromatic rings. The maximum absolute atomic E-state index is 12.4. The van der Waals surface area contributed by atoms with Crippen LogP contribution in [0.25, 0.3) is 0 Å². The van der Waals surface area contributed by atoms with Gasteiger partial charge in [-0.05, 0) is 0 Å². The summed E-state index contributed by atoms with van der Waals surface area (Å²) in [6, 6.07) is 0. The lowest BCUT2D eigenvalue weighted by Crippen LogP contribution is -2.05. The molecular formula is C5H8FN3. The SMILES string of the molecule is Cn1ncc(F)c1CN. The molecule has 0 unspecified atom stereocenters. The molecule has 0 fully saturated rings. The molecular weight excluding hydrogens is 121 g/mol. The van der Waals surface area contributed by atoms with Gasteiger partial charge in [-0.25, -0.2) is 4.39 Å². The maximum atomic E-state index is 12.4. The molecule has 0 amide bonds. The Hall–Kier alpha value is -0.900. The van der Waals surface area contributed by atoms with Gasteiger partial charge in [0.15, 0.2) is 5.82 Å². The topological polar surface area (TPSA) is 43.8 Å². The molecule has 0 atom stereocenters. The number of hydrogen-bond acceptors (Lipinski definition) is 2. The summed E-state index contributed by atoms with van der Waals surface area (Å²) in [5.41, 5.74) is 5.63. The van der Waals surface area contributed by atoms with Crippen LogP contribution in [0, 0.1) is 5.82 Å². The van der Waals surface area contributed by atoms with Gasteiger partial charge in [-0.3, -0.25) is 4.68 Å². The standard InChI is InChI=1S/C5H8FN3/c1-9-5(2-7)4(6)3-8-9/h3H,2,7H2,1H3. The fraction of sp³-hybridized carbons (Fsp3) is 0.400. The molecule has 0 saturated carbocycles. The number of rotatable bonds is 1. The third-order valence-corrected chi connectivity index (χ3v) is 1.20. The molecule has 0 radical (unpaired) electrons. The Labute approximate surface area is 52.3 Å². The van der Waals surface area contributed by atoms with E-state index in [0.29, 0.717) is 5.69 Å². The van der Waals surface area contributed by atoms with E-state index in [-0.39, 0.29) is 12.4 Å². The highest BCUT2D eigenvalue weighted by Gasteiger charge is 2.03. The predicted octanol–water partition coefficient (Wildman–Crippen LogP) is 0.0179. The van der Waals surface area contributed by atoms with E-state index in [1.807, 2.05) is 0 Å². The van der Waals surface area contributed by atoms with Crippen molar-refractivity contribution in [3.05, 3.63) is 17.7 Å². The largest absolute Gasteiger partial charge is 0.325 e. The van der Waals surface area contributed by atoms with Crippen molar-refractivity contribution in [2.45, 2.75) is 6.54 Å². The van der Waals surface area contributed by atoms with Crippen LogP contribution in [0.5, 0.6) is 0 Å². The fourth-order valence-corrected chi connectivity index (χ4v) is 0.666. The zero-order valence-corrected chi connectivity index (χ0v) is 5.13. The summed E-state index contributed by atoms with van der Waals surface area (Å²) in [5, 5.41) is 3.65. The van der Waals surface area contributed by atoms with E-state index in [1.165, 1.54) is 4.68 Å². The van der Waals surface area contributed by atoms with Crippen LogP contribution in [-0.2, 0) is 13.6 Å². The summed E-state index contributed by atoms with van der Waals surface area (Å²) >= 11 is 0. The number of hydrogen-bond donors (Lipinski definition) is 1. The van der Waals surface area contributed by atoms with Crippen LogP contribution in [-0.4, -0.2) is 9.78 Å². The molecule has 4 heteroatoms. The Balaban J connectivity index is 3.07. The number of aryl methyl sites for hydroxylation is 1. The van der Waals surface area contributed by atoms with Gasteiger partial charge < -0.3 is 5.73 Å². The summed E-state index contributed by atoms with van der Waals surface area (Å²) in [6.45, 7) is 0.197. The van der Waals surface area contributed by atoms with Crippen molar-refractivity contribution in [3.8, 4) is 0 Å². The van der Waals surface area contributed by atoms with Gasteiger partial charge in [0.1, 0.15) is 0 Å². The van der Waals surface area contributed by atoms with E-state index in [2.05, 4.69) is 5.10 Å². The van der Waals surface area contributed by atoms with Gasteiger partial charge in [-0.15, -0.1) is 0 Å². The van der Waals surface area contributed by atoms with Gasteiger partial charge in [-0.1, -0.05) is 0 Å². The van der Waals surface area contributed by atoms with Gasteiger partial charge in [0.25, 0.3) is 0 Å². The first-order chi connectivity index (χ1) is 4.25. The molecule has 50 valence electrons. The summed E-state index contributed by atoms with van der Waals surface area (Å²) in [6.07, 6.45) is 1.15. The van der Waals surface area contributed by atoms with Crippen molar-refractivity contribution in [3.63, 3.8) is 0 Å². The molecule has 1 aromatic heterocycles. The molecule has 0 aliphatic carbocycles. The van der Waals surface area contributed by atoms with Gasteiger partial charge in [0.2, 0.25) is 0 Å². The molecule has 1 heterocycles. The Morgan fingerprint density at radius 3 is 2.78 bits per heavy atom. The smallest absolute Gasteiger partial charge is 0.165 e. The van der Waals surface area contributed by atoms with Gasteiger partial charge in [0.05, 0.1) is 11.9 Å². The molecule has 3 nitrogen and oxygen atoms in total. The van der Waals surface area contributed by atoms with Crippen LogP contribution in [0.3, 0.4) is 0 Å². The summed E-state index contributed by atoms with van der Waals surface area (Å²) < 4.78 is 13.9. The van der Waals surface area contributed by atoms with Gasteiger partial charge in [0, 0.05) is 13.6 Å². The summed E-state index contributed by atoms with van der Waals surface area (Å²) in [7, 11) is 1.66. The van der Waals surface area contributed by atoms with E-state index < -0.39 is 0 Å². The Bertz CT molecular complexity index is 186. The van der Waals surface area contributed by atoms with E-state index in [9.17, 15) is 4.39 Å². The molecule has 0 bridgehead atoms. The minimum absolute atomic E-state index is 0.197. The van der Waals surface area contributed by atoms with Crippen LogP contribution in [0.15, 0.2) is 6.20 Å². The minimum atomic E-state index is -0.333. The van der Waals surface area contributed by atoms with Crippen molar-refractivity contribution in [1.82, 2.24) is 9.78 Å². The number of nitrogens with zero attached hydrogens (tertiary/aromatic N) is 2. The Morgan fingerprint density at radius 2 is 2.56 bits per heavy atom. The quantitative estimate of drug-likeness (QED) is 0.580. The second-order valence-corrected chi connectivity index (χ2v) is 1.77. The number of halogens is 1. The number of aromatic nitrogens is 2. The fourth-order valence-electron chi connectivity index (χ4n) is 0.666. The van der Waals surface area contributed by atoms with E-state index in [4.69, 9.17) is 5.73 Å². The first-order valence-electron chi connectivity index (χ1n) is 2.62. The molecule has 0 spiro atoms. The van der Waals surface area contributed by atoms with E-state index in [0.717, 1.165) is 6.20 Å². The zero-order valence-electron chi connectivity index (χ0n) is 5.13. The van der Waals surface area contributed by atoms with Gasteiger partial charge >= 0.3 is 0 Å². The van der Waals surface area contributed by atoms with Crippen molar-refractivity contribution < 1.29 is 4.39 Å².